The number of hydrogen-bond acceptors (Lipinski definition) is 5. The molecule has 3 aromatic rings. The number of hydrogen-bond donors (Lipinski definition) is 0. The molecule has 6 nitrogen and oxygen atoms in total. The summed E-state index contributed by atoms with van der Waals surface area (Å²) in [5.74, 6) is 1.08. The van der Waals surface area contributed by atoms with Crippen molar-refractivity contribution in [3.8, 4) is 11.5 Å². The van der Waals surface area contributed by atoms with Crippen molar-refractivity contribution >= 4 is 15.7 Å². The molecule has 0 aliphatic carbocycles. The molecule has 1 amide bonds. The number of amides is 1. The molecule has 0 bridgehead atoms. The Hall–Kier alpha value is -3.32. The smallest absolute Gasteiger partial charge is 0.260 e. The lowest BCUT2D eigenvalue weighted by Crippen LogP contribution is -2.33. The summed E-state index contributed by atoms with van der Waals surface area (Å²) in [6.45, 7) is 0.824. The van der Waals surface area contributed by atoms with Crippen molar-refractivity contribution < 1.29 is 22.7 Å². The van der Waals surface area contributed by atoms with Crippen LogP contribution in [-0.4, -0.2) is 52.3 Å². The van der Waals surface area contributed by atoms with Crippen molar-refractivity contribution in [3.05, 3.63) is 90.0 Å². The van der Waals surface area contributed by atoms with E-state index in [1.54, 1.807) is 24.1 Å². The fourth-order valence-electron chi connectivity index (χ4n) is 3.27. The number of para-hydroxylation sites is 1. The molecule has 0 spiro atoms. The summed E-state index contributed by atoms with van der Waals surface area (Å²) >= 11 is 0. The van der Waals surface area contributed by atoms with Crippen LogP contribution in [0.25, 0.3) is 0 Å². The molecular formula is C26H29NO5S. The van der Waals surface area contributed by atoms with E-state index in [-0.39, 0.29) is 17.4 Å². The van der Waals surface area contributed by atoms with Gasteiger partial charge in [0.1, 0.15) is 11.5 Å². The molecule has 7 heteroatoms. The molecule has 0 aromatic heterocycles. The molecular weight excluding hydrogens is 438 g/mol. The highest BCUT2D eigenvalue weighted by molar-refractivity contribution is 7.90. The first-order chi connectivity index (χ1) is 15.8. The van der Waals surface area contributed by atoms with E-state index in [9.17, 15) is 13.2 Å². The first-order valence-electron chi connectivity index (χ1n) is 10.7. The third-order valence-electron chi connectivity index (χ3n) is 5.13. The van der Waals surface area contributed by atoms with Gasteiger partial charge >= 0.3 is 0 Å². The average Bonchev–Trinajstić information content (AvgIpc) is 2.81. The van der Waals surface area contributed by atoms with Gasteiger partial charge < -0.3 is 14.4 Å². The SMILES string of the molecule is CN(CCCOc1cccc(S(C)(=O)=O)c1)C(=O)COc1ccccc1Cc1ccccc1. The van der Waals surface area contributed by atoms with Crippen LogP contribution in [0.4, 0.5) is 0 Å². The quantitative estimate of drug-likeness (QED) is 0.399. The van der Waals surface area contributed by atoms with Gasteiger partial charge in [-0.05, 0) is 41.8 Å². The number of carbonyl (C=O) groups excluding carboxylic acids is 1. The number of sulfone groups is 1. The Balaban J connectivity index is 1.44. The zero-order valence-electron chi connectivity index (χ0n) is 18.9. The molecule has 0 aliphatic heterocycles. The maximum atomic E-state index is 12.5. The third-order valence-corrected chi connectivity index (χ3v) is 6.24. The molecule has 0 unspecified atom stereocenters. The monoisotopic (exact) mass is 467 g/mol. The van der Waals surface area contributed by atoms with Crippen LogP contribution in [0.2, 0.25) is 0 Å². The minimum atomic E-state index is -3.28. The van der Waals surface area contributed by atoms with Crippen LogP contribution in [0, 0.1) is 0 Å². The number of carbonyl (C=O) groups is 1. The molecule has 0 atom stereocenters. The summed E-state index contributed by atoms with van der Waals surface area (Å²) in [6, 6.07) is 24.3. The van der Waals surface area contributed by atoms with Crippen LogP contribution in [0.1, 0.15) is 17.5 Å². The van der Waals surface area contributed by atoms with Crippen LogP contribution >= 0.6 is 0 Å². The Morgan fingerprint density at radius 2 is 1.64 bits per heavy atom. The number of likely N-dealkylation sites (N-methyl/N-ethyl adjacent to an activating group) is 1. The summed E-state index contributed by atoms with van der Waals surface area (Å²) in [5, 5.41) is 0. The molecule has 0 radical (unpaired) electrons. The zero-order chi connectivity index (χ0) is 23.7. The summed E-state index contributed by atoms with van der Waals surface area (Å²) < 4.78 is 34.8. The van der Waals surface area contributed by atoms with Gasteiger partial charge in [0.25, 0.3) is 5.91 Å². The second-order valence-electron chi connectivity index (χ2n) is 7.82. The highest BCUT2D eigenvalue weighted by Crippen LogP contribution is 2.21. The predicted octanol–water partition coefficient (Wildman–Crippen LogP) is 3.99. The molecule has 0 saturated carbocycles. The lowest BCUT2D eigenvalue weighted by Gasteiger charge is -2.18. The van der Waals surface area contributed by atoms with E-state index in [0.29, 0.717) is 31.1 Å². The first kappa shape index (κ1) is 24.3. The van der Waals surface area contributed by atoms with Gasteiger partial charge in [-0.25, -0.2) is 8.42 Å². The Morgan fingerprint density at radius 1 is 0.909 bits per heavy atom. The number of nitrogens with zero attached hydrogens (tertiary/aromatic N) is 1. The van der Waals surface area contributed by atoms with Crippen molar-refractivity contribution in [2.75, 3.05) is 33.1 Å². The highest BCUT2D eigenvalue weighted by Gasteiger charge is 2.12. The van der Waals surface area contributed by atoms with Crippen molar-refractivity contribution in [2.45, 2.75) is 17.7 Å². The van der Waals surface area contributed by atoms with Crippen molar-refractivity contribution in [3.63, 3.8) is 0 Å². The summed E-state index contributed by atoms with van der Waals surface area (Å²) in [7, 11) is -1.55. The zero-order valence-corrected chi connectivity index (χ0v) is 19.8. The van der Waals surface area contributed by atoms with Gasteiger partial charge in [0.2, 0.25) is 0 Å². The third kappa shape index (κ3) is 7.64. The van der Waals surface area contributed by atoms with E-state index in [1.165, 1.54) is 17.7 Å². The molecule has 3 aromatic carbocycles. The molecule has 0 heterocycles. The lowest BCUT2D eigenvalue weighted by atomic mass is 10.0. The molecule has 0 aliphatic rings. The number of benzene rings is 3. The Bertz CT molecular complexity index is 1160. The molecule has 0 N–H and O–H groups in total. The van der Waals surface area contributed by atoms with Gasteiger partial charge in [-0.2, -0.15) is 0 Å². The fourth-order valence-corrected chi connectivity index (χ4v) is 3.92. The largest absolute Gasteiger partial charge is 0.493 e. The van der Waals surface area contributed by atoms with Crippen LogP contribution in [0.3, 0.4) is 0 Å². The Labute approximate surface area is 195 Å². The van der Waals surface area contributed by atoms with Crippen LogP contribution < -0.4 is 9.47 Å². The standard InChI is InChI=1S/C26H29NO5S/c1-27(16-9-17-31-23-13-8-14-24(19-23)33(2,29)30)26(28)20-32-25-15-7-6-12-22(25)18-21-10-4-3-5-11-21/h3-8,10-15,19H,9,16-18,20H2,1-2H3. The van der Waals surface area contributed by atoms with E-state index in [1.807, 2.05) is 42.5 Å². The van der Waals surface area contributed by atoms with Gasteiger partial charge in [-0.15, -0.1) is 0 Å². The van der Waals surface area contributed by atoms with Crippen LogP contribution in [0.5, 0.6) is 11.5 Å². The minimum Gasteiger partial charge on any atom is -0.493 e. The van der Waals surface area contributed by atoms with Crippen molar-refractivity contribution in [2.24, 2.45) is 0 Å². The lowest BCUT2D eigenvalue weighted by molar-refractivity contribution is -0.132. The van der Waals surface area contributed by atoms with Gasteiger partial charge in [-0.3, -0.25) is 4.79 Å². The van der Waals surface area contributed by atoms with Gasteiger partial charge in [0.15, 0.2) is 16.4 Å². The Kier molecular flexibility index (Phi) is 8.49. The molecule has 0 saturated heterocycles. The van der Waals surface area contributed by atoms with E-state index in [2.05, 4.69) is 12.1 Å². The topological polar surface area (TPSA) is 72.9 Å². The normalized spacial score (nSPS) is 11.1. The van der Waals surface area contributed by atoms with Crippen LogP contribution in [0.15, 0.2) is 83.8 Å². The van der Waals surface area contributed by atoms with Crippen LogP contribution in [-0.2, 0) is 21.1 Å². The maximum absolute atomic E-state index is 12.5. The molecule has 33 heavy (non-hydrogen) atoms. The first-order valence-corrected chi connectivity index (χ1v) is 12.6. The molecule has 174 valence electrons. The maximum Gasteiger partial charge on any atom is 0.260 e. The van der Waals surface area contributed by atoms with E-state index < -0.39 is 9.84 Å². The van der Waals surface area contributed by atoms with E-state index in [0.717, 1.165) is 18.2 Å². The average molecular weight is 468 g/mol. The molecule has 3 rings (SSSR count). The number of rotatable bonds is 11. The second kappa shape index (κ2) is 11.5. The van der Waals surface area contributed by atoms with E-state index >= 15 is 0 Å². The van der Waals surface area contributed by atoms with Gasteiger partial charge in [0, 0.05) is 26.3 Å². The predicted molar refractivity (Wildman–Crippen MR) is 128 cm³/mol. The molecule has 0 fully saturated rings. The minimum absolute atomic E-state index is 0.0421. The number of ether oxygens (including phenoxy) is 2. The second-order valence-corrected chi connectivity index (χ2v) is 9.84. The van der Waals surface area contributed by atoms with Gasteiger partial charge in [-0.1, -0.05) is 54.6 Å². The van der Waals surface area contributed by atoms with Gasteiger partial charge in [0.05, 0.1) is 11.5 Å². The van der Waals surface area contributed by atoms with Crippen molar-refractivity contribution in [1.82, 2.24) is 4.90 Å². The summed E-state index contributed by atoms with van der Waals surface area (Å²) in [5.41, 5.74) is 2.21. The van der Waals surface area contributed by atoms with Crippen molar-refractivity contribution in [1.29, 1.82) is 0 Å². The Morgan fingerprint density at radius 3 is 2.39 bits per heavy atom. The highest BCUT2D eigenvalue weighted by atomic mass is 32.2. The summed E-state index contributed by atoms with van der Waals surface area (Å²) in [4.78, 5) is 14.3. The summed E-state index contributed by atoms with van der Waals surface area (Å²) in [6.07, 6.45) is 2.50. The fraction of sp³-hybridized carbons (Fsp3) is 0.269. The van der Waals surface area contributed by atoms with E-state index in [4.69, 9.17) is 9.47 Å².